The van der Waals surface area contributed by atoms with E-state index in [-0.39, 0.29) is 43.8 Å². The normalized spacial score (nSPS) is 20.9. The van der Waals surface area contributed by atoms with Gasteiger partial charge in [0.15, 0.2) is 0 Å². The predicted molar refractivity (Wildman–Crippen MR) is 102 cm³/mol. The Morgan fingerprint density at radius 1 is 1.27 bits per heavy atom. The number of hydrogen-bond donors (Lipinski definition) is 1. The van der Waals surface area contributed by atoms with Crippen molar-refractivity contribution in [3.63, 3.8) is 0 Å². The van der Waals surface area contributed by atoms with Crippen LogP contribution in [-0.4, -0.2) is 60.8 Å². The van der Waals surface area contributed by atoms with Crippen LogP contribution in [0.4, 0.5) is 18.9 Å². The zero-order valence-electron chi connectivity index (χ0n) is 16.6. The molecule has 1 atom stereocenters. The van der Waals surface area contributed by atoms with Gasteiger partial charge in [0.2, 0.25) is 11.8 Å². The minimum atomic E-state index is -4.39. The van der Waals surface area contributed by atoms with E-state index in [2.05, 4.69) is 10.1 Å². The molecule has 164 valence electrons. The maximum Gasteiger partial charge on any atom is 0.411 e. The van der Waals surface area contributed by atoms with Crippen LogP contribution in [0.5, 0.6) is 0 Å². The molecule has 1 saturated heterocycles. The van der Waals surface area contributed by atoms with Crippen LogP contribution in [0.15, 0.2) is 24.3 Å². The molecule has 0 bridgehead atoms. The van der Waals surface area contributed by atoms with Crippen LogP contribution in [-0.2, 0) is 14.3 Å². The Morgan fingerprint density at radius 2 is 2.00 bits per heavy atom. The molecule has 0 radical (unpaired) electrons. The Bertz CT molecular complexity index is 830. The fourth-order valence-corrected chi connectivity index (χ4v) is 3.98. The molecule has 3 rings (SSSR count). The number of rotatable bonds is 8. The lowest BCUT2D eigenvalue weighted by molar-refractivity contribution is -0.173. The number of para-hydroxylation sites is 1. The van der Waals surface area contributed by atoms with Gasteiger partial charge in [-0.05, 0) is 31.9 Å². The third-order valence-electron chi connectivity index (χ3n) is 5.37. The van der Waals surface area contributed by atoms with E-state index in [9.17, 15) is 27.6 Å². The van der Waals surface area contributed by atoms with Gasteiger partial charge in [-0.1, -0.05) is 12.1 Å². The standard InChI is InChI=1S/C20H24F3N3O4/c1-19-9-8-17(28)26(19)15-6-3-2-5-14(15)18(29)25(19)11-4-7-16(27)24-10-12-30-13-20(21,22)23/h2-3,5-6H,4,7-13H2,1H3,(H,24,27). The summed E-state index contributed by atoms with van der Waals surface area (Å²) in [6.07, 6.45) is -3.08. The van der Waals surface area contributed by atoms with E-state index in [0.29, 0.717) is 30.5 Å². The third-order valence-corrected chi connectivity index (χ3v) is 5.37. The highest BCUT2D eigenvalue weighted by molar-refractivity contribution is 6.10. The largest absolute Gasteiger partial charge is 0.411 e. The molecule has 1 fully saturated rings. The number of anilines is 1. The number of hydrogen-bond acceptors (Lipinski definition) is 4. The summed E-state index contributed by atoms with van der Waals surface area (Å²) in [4.78, 5) is 40.8. The van der Waals surface area contributed by atoms with E-state index in [0.717, 1.165) is 0 Å². The molecular weight excluding hydrogens is 403 g/mol. The summed E-state index contributed by atoms with van der Waals surface area (Å²) < 4.78 is 40.4. The second-order valence-corrected chi connectivity index (χ2v) is 7.54. The molecular formula is C20H24F3N3O4. The quantitative estimate of drug-likeness (QED) is 0.647. The SMILES string of the molecule is CC12CCC(=O)N1c1ccccc1C(=O)N2CCCC(=O)NCCOCC(F)(F)F. The van der Waals surface area contributed by atoms with Crippen molar-refractivity contribution in [3.05, 3.63) is 29.8 Å². The third kappa shape index (κ3) is 4.58. The number of halogens is 3. The van der Waals surface area contributed by atoms with Crippen molar-refractivity contribution in [2.75, 3.05) is 31.2 Å². The topological polar surface area (TPSA) is 79.0 Å². The van der Waals surface area contributed by atoms with Gasteiger partial charge < -0.3 is 15.0 Å². The maximum absolute atomic E-state index is 13.1. The Labute approximate surface area is 172 Å². The van der Waals surface area contributed by atoms with Gasteiger partial charge in [0.25, 0.3) is 5.91 Å². The van der Waals surface area contributed by atoms with Crippen molar-refractivity contribution in [1.82, 2.24) is 10.2 Å². The van der Waals surface area contributed by atoms with Crippen molar-refractivity contribution >= 4 is 23.4 Å². The molecule has 2 aliphatic rings. The minimum absolute atomic E-state index is 0.0229. The van der Waals surface area contributed by atoms with Gasteiger partial charge in [-0.15, -0.1) is 0 Å². The molecule has 0 saturated carbocycles. The Kier molecular flexibility index (Phi) is 6.35. The van der Waals surface area contributed by atoms with Crippen molar-refractivity contribution in [3.8, 4) is 0 Å². The molecule has 7 nitrogen and oxygen atoms in total. The van der Waals surface area contributed by atoms with Crippen LogP contribution in [0.2, 0.25) is 0 Å². The molecule has 30 heavy (non-hydrogen) atoms. The first-order chi connectivity index (χ1) is 14.1. The molecule has 1 aromatic carbocycles. The zero-order chi connectivity index (χ0) is 21.9. The first-order valence-corrected chi connectivity index (χ1v) is 9.79. The number of carbonyl (C=O) groups is 3. The van der Waals surface area contributed by atoms with E-state index in [4.69, 9.17) is 0 Å². The van der Waals surface area contributed by atoms with Crippen LogP contribution >= 0.6 is 0 Å². The molecule has 2 aliphatic heterocycles. The summed E-state index contributed by atoms with van der Waals surface area (Å²) in [6.45, 7) is 0.525. The van der Waals surface area contributed by atoms with E-state index in [1.54, 1.807) is 34.1 Å². The highest BCUT2D eigenvalue weighted by Crippen LogP contribution is 2.43. The van der Waals surface area contributed by atoms with Crippen LogP contribution in [0.25, 0.3) is 0 Å². The van der Waals surface area contributed by atoms with E-state index in [1.165, 1.54) is 0 Å². The highest BCUT2D eigenvalue weighted by Gasteiger charge is 2.52. The van der Waals surface area contributed by atoms with Crippen molar-refractivity contribution in [2.24, 2.45) is 0 Å². The number of fused-ring (bicyclic) bond motifs is 3. The second kappa shape index (κ2) is 8.63. The second-order valence-electron chi connectivity index (χ2n) is 7.54. The van der Waals surface area contributed by atoms with Crippen LogP contribution in [0, 0.1) is 0 Å². The van der Waals surface area contributed by atoms with Gasteiger partial charge in [0, 0.05) is 25.9 Å². The number of alkyl halides is 3. The molecule has 10 heteroatoms. The molecule has 3 amide bonds. The smallest absolute Gasteiger partial charge is 0.370 e. The summed E-state index contributed by atoms with van der Waals surface area (Å²) >= 11 is 0. The average molecular weight is 427 g/mol. The van der Waals surface area contributed by atoms with Crippen LogP contribution in [0.3, 0.4) is 0 Å². The van der Waals surface area contributed by atoms with E-state index >= 15 is 0 Å². The maximum atomic E-state index is 13.1. The summed E-state index contributed by atoms with van der Waals surface area (Å²) in [5.74, 6) is -0.556. The Balaban J connectivity index is 1.53. The van der Waals surface area contributed by atoms with Gasteiger partial charge in [-0.25, -0.2) is 0 Å². The van der Waals surface area contributed by atoms with Crippen LogP contribution in [0.1, 0.15) is 43.0 Å². The summed E-state index contributed by atoms with van der Waals surface area (Å²) in [7, 11) is 0. The lowest BCUT2D eigenvalue weighted by atomic mass is 9.98. The zero-order valence-corrected chi connectivity index (χ0v) is 16.6. The number of benzene rings is 1. The predicted octanol–water partition coefficient (Wildman–Crippen LogP) is 2.46. The first-order valence-electron chi connectivity index (χ1n) is 9.79. The van der Waals surface area contributed by atoms with Gasteiger partial charge in [-0.3, -0.25) is 19.3 Å². The van der Waals surface area contributed by atoms with Gasteiger partial charge in [0.1, 0.15) is 12.3 Å². The molecule has 1 aromatic rings. The minimum Gasteiger partial charge on any atom is -0.370 e. The Morgan fingerprint density at radius 3 is 2.73 bits per heavy atom. The summed E-state index contributed by atoms with van der Waals surface area (Å²) in [5, 5.41) is 2.50. The van der Waals surface area contributed by atoms with Crippen molar-refractivity contribution < 1.29 is 32.3 Å². The molecule has 1 N–H and O–H groups in total. The van der Waals surface area contributed by atoms with Crippen LogP contribution < -0.4 is 10.2 Å². The van der Waals surface area contributed by atoms with Crippen molar-refractivity contribution in [1.29, 1.82) is 0 Å². The number of nitrogens with zero attached hydrogens (tertiary/aromatic N) is 2. The summed E-state index contributed by atoms with van der Waals surface area (Å²) in [6, 6.07) is 6.98. The van der Waals surface area contributed by atoms with Gasteiger partial charge in [0.05, 0.1) is 17.9 Å². The molecule has 2 heterocycles. The number of nitrogens with one attached hydrogen (secondary N) is 1. The number of carbonyl (C=O) groups excluding carboxylic acids is 3. The van der Waals surface area contributed by atoms with Gasteiger partial charge >= 0.3 is 6.18 Å². The van der Waals surface area contributed by atoms with E-state index < -0.39 is 18.4 Å². The lowest BCUT2D eigenvalue weighted by Gasteiger charge is -2.48. The number of ether oxygens (including phenoxy) is 1. The van der Waals surface area contributed by atoms with Crippen molar-refractivity contribution in [2.45, 2.75) is 44.4 Å². The fraction of sp³-hybridized carbons (Fsp3) is 0.550. The average Bonchev–Trinajstić information content (AvgIpc) is 2.99. The molecule has 1 unspecified atom stereocenters. The monoisotopic (exact) mass is 427 g/mol. The number of amides is 3. The molecule has 0 aliphatic carbocycles. The first kappa shape index (κ1) is 22.1. The Hall–Kier alpha value is -2.62. The molecule has 0 spiro atoms. The lowest BCUT2D eigenvalue weighted by Crippen LogP contribution is -2.62. The fourth-order valence-electron chi connectivity index (χ4n) is 3.98. The summed E-state index contributed by atoms with van der Waals surface area (Å²) in [5.41, 5.74) is 0.293. The van der Waals surface area contributed by atoms with E-state index in [1.807, 2.05) is 6.92 Å². The highest BCUT2D eigenvalue weighted by atomic mass is 19.4. The van der Waals surface area contributed by atoms with Gasteiger partial charge in [-0.2, -0.15) is 13.2 Å². The molecule has 0 aromatic heterocycles.